The molecule has 0 bridgehead atoms. The molecule has 172 valence electrons. The van der Waals surface area contributed by atoms with E-state index in [4.69, 9.17) is 21.7 Å². The molecular formula is C20H19N5O6S2. The van der Waals surface area contributed by atoms with E-state index in [0.29, 0.717) is 5.69 Å². The summed E-state index contributed by atoms with van der Waals surface area (Å²) in [5.74, 6) is -0.684. The van der Waals surface area contributed by atoms with E-state index in [1.165, 1.54) is 56.7 Å². The van der Waals surface area contributed by atoms with Gasteiger partial charge in [0.15, 0.2) is 10.9 Å². The third-order valence-corrected chi connectivity index (χ3v) is 5.69. The van der Waals surface area contributed by atoms with Crippen LogP contribution in [0.4, 0.5) is 11.5 Å². The number of rotatable bonds is 7. The number of thiocarbonyl (C=S) groups is 1. The van der Waals surface area contributed by atoms with Gasteiger partial charge in [-0.3, -0.25) is 14.8 Å². The number of nitrogens with zero attached hydrogens (tertiary/aromatic N) is 2. The third kappa shape index (κ3) is 6.05. The number of aromatic nitrogens is 2. The number of ether oxygens (including phenoxy) is 2. The molecule has 0 spiro atoms. The molecule has 0 unspecified atom stereocenters. The Bertz CT molecular complexity index is 1260. The predicted molar refractivity (Wildman–Crippen MR) is 124 cm³/mol. The molecule has 33 heavy (non-hydrogen) atoms. The Balaban J connectivity index is 1.67. The number of sulfonamides is 1. The smallest absolute Gasteiger partial charge is 0.321 e. The number of hydrogen-bond acceptors (Lipinski definition) is 9. The van der Waals surface area contributed by atoms with Gasteiger partial charge in [-0.15, -0.1) is 0 Å². The largest absolute Gasteiger partial charge is 0.507 e. The van der Waals surface area contributed by atoms with Gasteiger partial charge in [-0.2, -0.15) is 9.97 Å². The standard InChI is InChI=1S/C20H19N5O6S2/c1-30-17-11-16(22-19(23-17)31-2)25-33(28,29)13-9-7-12(8-10-13)21-20(32)24-18(27)14-5-3-4-6-15(14)26/h3-11,26H,1-2H3,(H,22,23,25)(H2,21,24,27,32). The lowest BCUT2D eigenvalue weighted by Gasteiger charge is -2.12. The van der Waals surface area contributed by atoms with Gasteiger partial charge in [0, 0.05) is 11.8 Å². The Morgan fingerprint density at radius 3 is 2.36 bits per heavy atom. The van der Waals surface area contributed by atoms with Crippen molar-refractivity contribution < 1.29 is 27.8 Å². The fourth-order valence-corrected chi connectivity index (χ4v) is 3.77. The summed E-state index contributed by atoms with van der Waals surface area (Å²) >= 11 is 5.10. The Kier molecular flexibility index (Phi) is 7.25. The Morgan fingerprint density at radius 1 is 1.03 bits per heavy atom. The normalized spacial score (nSPS) is 10.7. The number of aromatic hydroxyl groups is 1. The van der Waals surface area contributed by atoms with Crippen LogP contribution in [0, 0.1) is 0 Å². The summed E-state index contributed by atoms with van der Waals surface area (Å²) in [6.07, 6.45) is 0. The second kappa shape index (κ2) is 10.1. The highest BCUT2D eigenvalue weighted by atomic mass is 32.2. The summed E-state index contributed by atoms with van der Waals surface area (Å²) in [6.45, 7) is 0. The van der Waals surface area contributed by atoms with Gasteiger partial charge in [0.1, 0.15) is 5.75 Å². The highest BCUT2D eigenvalue weighted by Crippen LogP contribution is 2.21. The minimum Gasteiger partial charge on any atom is -0.507 e. The van der Waals surface area contributed by atoms with Crippen LogP contribution in [0.2, 0.25) is 0 Å². The van der Waals surface area contributed by atoms with E-state index in [1.54, 1.807) is 12.1 Å². The molecule has 1 amide bonds. The number of phenolic OH excluding ortho intramolecular Hbond substituents is 1. The summed E-state index contributed by atoms with van der Waals surface area (Å²) in [5, 5.41) is 14.9. The molecule has 1 heterocycles. The minimum atomic E-state index is -3.98. The van der Waals surface area contributed by atoms with Gasteiger partial charge in [-0.25, -0.2) is 8.42 Å². The van der Waals surface area contributed by atoms with E-state index >= 15 is 0 Å². The number of anilines is 2. The number of benzene rings is 2. The van der Waals surface area contributed by atoms with Gasteiger partial charge in [-0.1, -0.05) is 12.1 Å². The van der Waals surface area contributed by atoms with Gasteiger partial charge < -0.3 is 19.9 Å². The Labute approximate surface area is 194 Å². The molecule has 3 aromatic rings. The fraction of sp³-hybridized carbons (Fsp3) is 0.100. The first-order chi connectivity index (χ1) is 15.7. The zero-order valence-corrected chi connectivity index (χ0v) is 19.0. The lowest BCUT2D eigenvalue weighted by atomic mass is 10.2. The predicted octanol–water partition coefficient (Wildman–Crippen LogP) is 2.13. The highest BCUT2D eigenvalue weighted by Gasteiger charge is 2.17. The first-order valence-corrected chi connectivity index (χ1v) is 11.1. The van der Waals surface area contributed by atoms with Crippen molar-refractivity contribution in [1.82, 2.24) is 15.3 Å². The molecule has 0 saturated carbocycles. The number of carbonyl (C=O) groups excluding carboxylic acids is 1. The molecule has 13 heteroatoms. The van der Waals surface area contributed by atoms with E-state index in [-0.39, 0.29) is 39.0 Å². The molecular weight excluding hydrogens is 470 g/mol. The number of nitrogens with one attached hydrogen (secondary N) is 3. The molecule has 11 nitrogen and oxygen atoms in total. The van der Waals surface area contributed by atoms with Crippen LogP contribution in [-0.2, 0) is 10.0 Å². The molecule has 2 aromatic carbocycles. The SMILES string of the molecule is COc1cc(NS(=O)(=O)c2ccc(NC(=S)NC(=O)c3ccccc3O)cc2)nc(OC)n1. The molecule has 0 saturated heterocycles. The zero-order valence-electron chi connectivity index (χ0n) is 17.4. The topological polar surface area (TPSA) is 152 Å². The molecule has 4 N–H and O–H groups in total. The van der Waals surface area contributed by atoms with Crippen LogP contribution in [-0.4, -0.2) is 48.7 Å². The summed E-state index contributed by atoms with van der Waals surface area (Å²) < 4.78 is 37.6. The Hall–Kier alpha value is -3.97. The summed E-state index contributed by atoms with van der Waals surface area (Å²) in [5.41, 5.74) is 0.494. The van der Waals surface area contributed by atoms with E-state index in [0.717, 1.165) is 0 Å². The van der Waals surface area contributed by atoms with Crippen LogP contribution in [0.5, 0.6) is 17.6 Å². The molecule has 0 aliphatic rings. The molecule has 0 fully saturated rings. The first-order valence-electron chi connectivity index (χ1n) is 9.22. The minimum absolute atomic E-state index is 0.0304. The second-order valence-corrected chi connectivity index (χ2v) is 8.43. The molecule has 0 aliphatic heterocycles. The summed E-state index contributed by atoms with van der Waals surface area (Å²) in [4.78, 5) is 20.0. The average Bonchev–Trinajstić information content (AvgIpc) is 2.79. The number of phenols is 1. The summed E-state index contributed by atoms with van der Waals surface area (Å²) in [6, 6.07) is 12.9. The van der Waals surface area contributed by atoms with Crippen molar-refractivity contribution in [2.75, 3.05) is 24.3 Å². The van der Waals surface area contributed by atoms with Crippen molar-refractivity contribution in [2.24, 2.45) is 0 Å². The van der Waals surface area contributed by atoms with Gasteiger partial charge in [0.25, 0.3) is 15.9 Å². The highest BCUT2D eigenvalue weighted by molar-refractivity contribution is 7.92. The monoisotopic (exact) mass is 489 g/mol. The number of carbonyl (C=O) groups is 1. The van der Waals surface area contributed by atoms with Crippen LogP contribution in [0.1, 0.15) is 10.4 Å². The van der Waals surface area contributed by atoms with Crippen LogP contribution in [0.3, 0.4) is 0 Å². The Morgan fingerprint density at radius 2 is 1.73 bits per heavy atom. The van der Waals surface area contributed by atoms with Crippen molar-refractivity contribution in [3.63, 3.8) is 0 Å². The van der Waals surface area contributed by atoms with Crippen LogP contribution in [0.25, 0.3) is 0 Å². The van der Waals surface area contributed by atoms with E-state index in [9.17, 15) is 18.3 Å². The number of methoxy groups -OCH3 is 2. The van der Waals surface area contributed by atoms with Gasteiger partial charge in [0.2, 0.25) is 5.88 Å². The fourth-order valence-electron chi connectivity index (χ4n) is 2.56. The quantitative estimate of drug-likeness (QED) is 0.363. The van der Waals surface area contributed by atoms with Crippen LogP contribution in [0.15, 0.2) is 59.5 Å². The number of amides is 1. The van der Waals surface area contributed by atoms with Gasteiger partial charge >= 0.3 is 6.01 Å². The average molecular weight is 490 g/mol. The lowest BCUT2D eigenvalue weighted by molar-refractivity contribution is 0.0975. The van der Waals surface area contributed by atoms with E-state index < -0.39 is 15.9 Å². The molecule has 0 atom stereocenters. The third-order valence-electron chi connectivity index (χ3n) is 4.11. The zero-order chi connectivity index (χ0) is 24.0. The molecule has 1 aromatic heterocycles. The van der Waals surface area contributed by atoms with Crippen molar-refractivity contribution in [3.05, 3.63) is 60.2 Å². The number of para-hydroxylation sites is 1. The van der Waals surface area contributed by atoms with Crippen molar-refractivity contribution in [1.29, 1.82) is 0 Å². The first kappa shape index (κ1) is 23.7. The van der Waals surface area contributed by atoms with Crippen molar-refractivity contribution >= 4 is 44.8 Å². The van der Waals surface area contributed by atoms with Crippen LogP contribution >= 0.6 is 12.2 Å². The summed E-state index contributed by atoms with van der Waals surface area (Å²) in [7, 11) is -1.26. The van der Waals surface area contributed by atoms with E-state index in [1.807, 2.05) is 0 Å². The maximum absolute atomic E-state index is 12.7. The maximum Gasteiger partial charge on any atom is 0.321 e. The lowest BCUT2D eigenvalue weighted by Crippen LogP contribution is -2.34. The van der Waals surface area contributed by atoms with Gasteiger partial charge in [-0.05, 0) is 48.6 Å². The molecule has 3 rings (SSSR count). The van der Waals surface area contributed by atoms with Gasteiger partial charge in [0.05, 0.1) is 24.7 Å². The number of hydrogen-bond donors (Lipinski definition) is 4. The van der Waals surface area contributed by atoms with Crippen molar-refractivity contribution in [2.45, 2.75) is 4.90 Å². The maximum atomic E-state index is 12.7. The second-order valence-electron chi connectivity index (χ2n) is 6.34. The van der Waals surface area contributed by atoms with Crippen molar-refractivity contribution in [3.8, 4) is 17.6 Å². The molecule has 0 radical (unpaired) electrons. The van der Waals surface area contributed by atoms with Crippen LogP contribution < -0.4 is 24.8 Å². The van der Waals surface area contributed by atoms with E-state index in [2.05, 4.69) is 25.3 Å². The molecule has 0 aliphatic carbocycles.